The highest BCUT2D eigenvalue weighted by atomic mass is 16.1. The van der Waals surface area contributed by atoms with E-state index in [0.29, 0.717) is 5.69 Å². The third kappa shape index (κ3) is 4.16. The molecular weight excluding hydrogens is 322 g/mol. The summed E-state index contributed by atoms with van der Waals surface area (Å²) in [5, 5.41) is 3.19. The highest BCUT2D eigenvalue weighted by Gasteiger charge is 2.28. The molecule has 0 aliphatic carbocycles. The van der Waals surface area contributed by atoms with Crippen LogP contribution in [0.1, 0.15) is 33.7 Å². The van der Waals surface area contributed by atoms with E-state index < -0.39 is 0 Å². The van der Waals surface area contributed by atoms with Gasteiger partial charge in [-0.15, -0.1) is 0 Å². The molecule has 0 spiro atoms. The van der Waals surface area contributed by atoms with E-state index in [-0.39, 0.29) is 18.0 Å². The van der Waals surface area contributed by atoms with Gasteiger partial charge >= 0.3 is 0 Å². The fourth-order valence-electron chi connectivity index (χ4n) is 3.16. The summed E-state index contributed by atoms with van der Waals surface area (Å²) in [6.07, 6.45) is 1.63. The van der Waals surface area contributed by atoms with E-state index in [1.54, 1.807) is 18.3 Å². The number of carbonyl (C=O) groups is 1. The number of nitrogens with one attached hydrogen (secondary N) is 1. The van der Waals surface area contributed by atoms with E-state index in [1.807, 2.05) is 68.7 Å². The quantitative estimate of drug-likeness (QED) is 0.738. The number of aromatic nitrogens is 1. The summed E-state index contributed by atoms with van der Waals surface area (Å²) in [6, 6.07) is 25.4. The van der Waals surface area contributed by atoms with Crippen LogP contribution in [0.2, 0.25) is 0 Å². The van der Waals surface area contributed by atoms with Crippen molar-refractivity contribution in [3.05, 3.63) is 102 Å². The molecule has 3 aromatic rings. The third-order valence-electron chi connectivity index (χ3n) is 4.36. The first-order valence-corrected chi connectivity index (χ1v) is 8.65. The van der Waals surface area contributed by atoms with Gasteiger partial charge in [-0.25, -0.2) is 0 Å². The second-order valence-corrected chi connectivity index (χ2v) is 6.40. The Morgan fingerprint density at radius 1 is 0.846 bits per heavy atom. The van der Waals surface area contributed by atoms with E-state index in [2.05, 4.69) is 27.3 Å². The van der Waals surface area contributed by atoms with Gasteiger partial charge in [-0.3, -0.25) is 9.78 Å². The number of pyridine rings is 1. The number of carbonyl (C=O) groups excluding carboxylic acids is 1. The standard InChI is InChI=1S/C22H23N3O/c1-25(2)21(18-13-7-4-8-14-18)20(17-11-5-3-6-12-17)24-22(26)19-15-9-10-16-23-19/h3-16,20-21H,1-2H3,(H,24,26)/t20-,21-/m1/s1. The summed E-state index contributed by atoms with van der Waals surface area (Å²) < 4.78 is 0. The Balaban J connectivity index is 1.99. The van der Waals surface area contributed by atoms with Crippen molar-refractivity contribution in [2.24, 2.45) is 0 Å². The first-order valence-electron chi connectivity index (χ1n) is 8.65. The molecular formula is C22H23N3O. The maximum absolute atomic E-state index is 12.8. The summed E-state index contributed by atoms with van der Waals surface area (Å²) in [5.74, 6) is -0.178. The Morgan fingerprint density at radius 2 is 1.42 bits per heavy atom. The number of rotatable bonds is 6. The molecule has 0 saturated heterocycles. The van der Waals surface area contributed by atoms with Crippen LogP contribution in [-0.2, 0) is 0 Å². The SMILES string of the molecule is CN(C)[C@H](c1ccccc1)[C@H](NC(=O)c1ccccn1)c1ccccc1. The molecule has 4 heteroatoms. The molecule has 0 aliphatic heterocycles. The van der Waals surface area contributed by atoms with Gasteiger partial charge in [0.15, 0.2) is 0 Å². The molecule has 0 bridgehead atoms. The summed E-state index contributed by atoms with van der Waals surface area (Å²) in [4.78, 5) is 19.1. The van der Waals surface area contributed by atoms with Gasteiger partial charge in [-0.1, -0.05) is 66.7 Å². The van der Waals surface area contributed by atoms with Crippen LogP contribution in [0.5, 0.6) is 0 Å². The van der Waals surface area contributed by atoms with Gasteiger partial charge in [0.1, 0.15) is 5.69 Å². The monoisotopic (exact) mass is 345 g/mol. The zero-order chi connectivity index (χ0) is 18.4. The molecule has 0 radical (unpaired) electrons. The number of benzene rings is 2. The van der Waals surface area contributed by atoms with E-state index in [0.717, 1.165) is 11.1 Å². The molecule has 132 valence electrons. The van der Waals surface area contributed by atoms with Crippen molar-refractivity contribution < 1.29 is 4.79 Å². The predicted octanol–water partition coefficient (Wildman–Crippen LogP) is 3.86. The minimum Gasteiger partial charge on any atom is -0.342 e. The molecule has 2 atom stereocenters. The number of hydrogen-bond acceptors (Lipinski definition) is 3. The van der Waals surface area contributed by atoms with E-state index in [1.165, 1.54) is 0 Å². The van der Waals surface area contributed by atoms with Crippen LogP contribution in [0.4, 0.5) is 0 Å². The summed E-state index contributed by atoms with van der Waals surface area (Å²) in [5.41, 5.74) is 2.62. The lowest BCUT2D eigenvalue weighted by Gasteiger charge is -2.33. The van der Waals surface area contributed by atoms with Crippen molar-refractivity contribution >= 4 is 5.91 Å². The Morgan fingerprint density at radius 3 is 1.96 bits per heavy atom. The van der Waals surface area contributed by atoms with Gasteiger partial charge in [0, 0.05) is 6.20 Å². The average Bonchev–Trinajstić information content (AvgIpc) is 2.69. The van der Waals surface area contributed by atoms with Crippen LogP contribution >= 0.6 is 0 Å². The number of amides is 1. The van der Waals surface area contributed by atoms with Crippen LogP contribution < -0.4 is 5.32 Å². The first kappa shape index (κ1) is 17.8. The molecule has 1 amide bonds. The van der Waals surface area contributed by atoms with Crippen molar-refractivity contribution in [3.8, 4) is 0 Å². The topological polar surface area (TPSA) is 45.2 Å². The maximum atomic E-state index is 12.8. The fourth-order valence-corrected chi connectivity index (χ4v) is 3.16. The Labute approximate surface area is 154 Å². The number of likely N-dealkylation sites (N-methyl/N-ethyl adjacent to an activating group) is 1. The van der Waals surface area contributed by atoms with E-state index >= 15 is 0 Å². The highest BCUT2D eigenvalue weighted by Crippen LogP contribution is 2.32. The summed E-state index contributed by atoms with van der Waals surface area (Å²) >= 11 is 0. The molecule has 1 aromatic heterocycles. The summed E-state index contributed by atoms with van der Waals surface area (Å²) in [6.45, 7) is 0. The van der Waals surface area contributed by atoms with Gasteiger partial charge in [0.25, 0.3) is 5.91 Å². The predicted molar refractivity (Wildman–Crippen MR) is 104 cm³/mol. The maximum Gasteiger partial charge on any atom is 0.270 e. The molecule has 0 saturated carbocycles. The zero-order valence-electron chi connectivity index (χ0n) is 15.0. The van der Waals surface area contributed by atoms with Crippen molar-refractivity contribution in [2.75, 3.05) is 14.1 Å². The second kappa shape index (κ2) is 8.41. The number of hydrogen-bond donors (Lipinski definition) is 1. The minimum absolute atomic E-state index is 0.00809. The van der Waals surface area contributed by atoms with Crippen molar-refractivity contribution in [1.82, 2.24) is 15.2 Å². The normalized spacial score (nSPS) is 13.2. The Hall–Kier alpha value is -2.98. The second-order valence-electron chi connectivity index (χ2n) is 6.40. The lowest BCUT2D eigenvalue weighted by molar-refractivity contribution is 0.0903. The van der Waals surface area contributed by atoms with Gasteiger partial charge in [0.2, 0.25) is 0 Å². The molecule has 2 aromatic carbocycles. The molecule has 0 aliphatic rings. The molecule has 4 nitrogen and oxygen atoms in total. The van der Waals surface area contributed by atoms with Crippen LogP contribution in [0.3, 0.4) is 0 Å². The summed E-state index contributed by atoms with van der Waals surface area (Å²) in [7, 11) is 4.06. The van der Waals surface area contributed by atoms with Gasteiger partial charge in [-0.05, 0) is 37.4 Å². The van der Waals surface area contributed by atoms with Crippen LogP contribution in [0, 0.1) is 0 Å². The Bertz CT molecular complexity index is 820. The average molecular weight is 345 g/mol. The molecule has 3 rings (SSSR count). The lowest BCUT2D eigenvalue weighted by Crippen LogP contribution is -2.38. The van der Waals surface area contributed by atoms with E-state index in [4.69, 9.17) is 0 Å². The van der Waals surface area contributed by atoms with Crippen molar-refractivity contribution in [2.45, 2.75) is 12.1 Å². The van der Waals surface area contributed by atoms with Gasteiger partial charge in [-0.2, -0.15) is 0 Å². The van der Waals surface area contributed by atoms with E-state index in [9.17, 15) is 4.79 Å². The third-order valence-corrected chi connectivity index (χ3v) is 4.36. The zero-order valence-corrected chi connectivity index (χ0v) is 15.0. The minimum atomic E-state index is -0.205. The smallest absolute Gasteiger partial charge is 0.270 e. The number of nitrogens with zero attached hydrogens (tertiary/aromatic N) is 2. The lowest BCUT2D eigenvalue weighted by atomic mass is 9.92. The first-order chi connectivity index (χ1) is 12.7. The Kier molecular flexibility index (Phi) is 5.77. The fraction of sp³-hybridized carbons (Fsp3) is 0.182. The molecule has 0 unspecified atom stereocenters. The van der Waals surface area contributed by atoms with Crippen molar-refractivity contribution in [3.63, 3.8) is 0 Å². The van der Waals surface area contributed by atoms with Gasteiger partial charge < -0.3 is 10.2 Å². The van der Waals surface area contributed by atoms with Gasteiger partial charge in [0.05, 0.1) is 12.1 Å². The van der Waals surface area contributed by atoms with Crippen LogP contribution in [0.25, 0.3) is 0 Å². The van der Waals surface area contributed by atoms with Crippen LogP contribution in [-0.4, -0.2) is 29.9 Å². The molecule has 1 heterocycles. The molecule has 0 fully saturated rings. The largest absolute Gasteiger partial charge is 0.342 e. The molecule has 1 N–H and O–H groups in total. The highest BCUT2D eigenvalue weighted by molar-refractivity contribution is 5.92. The van der Waals surface area contributed by atoms with Crippen LogP contribution in [0.15, 0.2) is 85.1 Å². The van der Waals surface area contributed by atoms with Crippen molar-refractivity contribution in [1.29, 1.82) is 0 Å². The molecule has 26 heavy (non-hydrogen) atoms.